The van der Waals surface area contributed by atoms with Crippen molar-refractivity contribution in [2.45, 2.75) is 292 Å². The van der Waals surface area contributed by atoms with Crippen LogP contribution in [0.4, 0.5) is 0 Å². The van der Waals surface area contributed by atoms with Crippen molar-refractivity contribution in [3.63, 3.8) is 0 Å². The van der Waals surface area contributed by atoms with Gasteiger partial charge in [0.05, 0.1) is 0 Å². The molecular formula is C60H115NO6S. The zero-order valence-corrected chi connectivity index (χ0v) is 45.0. The molecule has 0 unspecified atom stereocenters. The largest absolute Gasteiger partial charge is 0.464 e. The molecule has 0 aliphatic carbocycles. The summed E-state index contributed by atoms with van der Waals surface area (Å²) in [4.78, 5) is 40.9. The number of carbonyl (C=O) groups excluding carboxylic acids is 3. The first-order chi connectivity index (χ1) is 31.8. The van der Waals surface area contributed by atoms with E-state index in [1.807, 2.05) is 19.0 Å². The van der Waals surface area contributed by atoms with Gasteiger partial charge in [-0.25, -0.2) is 0 Å². The Morgan fingerprint density at radius 1 is 0.397 bits per heavy atom. The third-order valence-electron chi connectivity index (χ3n) is 12.2. The number of allylic oxidation sites excluding steroid dienone is 8. The molecular weight excluding hydrogens is 863 g/mol. The monoisotopic (exact) mass is 978 g/mol. The summed E-state index contributed by atoms with van der Waals surface area (Å²) in [6.07, 6.45) is 57.0. The molecule has 0 saturated heterocycles. The molecule has 8 heteroatoms. The smallest absolute Gasteiger partial charge is 0.306 e. The van der Waals surface area contributed by atoms with Crippen molar-refractivity contribution in [1.29, 1.82) is 0 Å². The number of hydrogen-bond donors (Lipinski definition) is 0. The zero-order chi connectivity index (χ0) is 47.5. The maximum atomic E-state index is 13.4. The van der Waals surface area contributed by atoms with Gasteiger partial charge in [0.15, 0.2) is 0 Å². The molecule has 0 heterocycles. The Morgan fingerprint density at radius 2 is 0.691 bits per heavy atom. The molecule has 0 N–H and O–H groups in total. The molecule has 2 atom stereocenters. The summed E-state index contributed by atoms with van der Waals surface area (Å²) < 4.78 is 17.9. The number of esters is 3. The van der Waals surface area contributed by atoms with Gasteiger partial charge in [-0.1, -0.05) is 200 Å². The van der Waals surface area contributed by atoms with E-state index in [1.54, 1.807) is 0 Å². The average Bonchev–Trinajstić information content (AvgIpc) is 3.28. The highest BCUT2D eigenvalue weighted by atomic mass is 32.1. The molecule has 0 fully saturated rings. The minimum absolute atomic E-state index is 0. The van der Waals surface area contributed by atoms with Crippen LogP contribution in [0.5, 0.6) is 0 Å². The lowest BCUT2D eigenvalue weighted by atomic mass is 9.99. The summed E-state index contributed by atoms with van der Waals surface area (Å²) in [6, 6.07) is 0. The molecule has 0 aliphatic heterocycles. The van der Waals surface area contributed by atoms with Crippen LogP contribution in [0.15, 0.2) is 48.6 Å². The lowest BCUT2D eigenvalue weighted by Crippen LogP contribution is -2.35. The van der Waals surface area contributed by atoms with E-state index in [9.17, 15) is 14.4 Å². The van der Waals surface area contributed by atoms with Crippen molar-refractivity contribution >= 4 is 31.4 Å². The van der Waals surface area contributed by atoms with Crippen LogP contribution < -0.4 is 0 Å². The topological polar surface area (TPSA) is 82.1 Å². The van der Waals surface area contributed by atoms with E-state index in [4.69, 9.17) is 14.2 Å². The van der Waals surface area contributed by atoms with Crippen LogP contribution in [0.1, 0.15) is 280 Å². The molecule has 0 aromatic heterocycles. The van der Waals surface area contributed by atoms with Gasteiger partial charge in [-0.2, -0.15) is 13.5 Å². The van der Waals surface area contributed by atoms with E-state index >= 15 is 0 Å². The van der Waals surface area contributed by atoms with Gasteiger partial charge in [-0.05, 0) is 123 Å². The zero-order valence-electron chi connectivity index (χ0n) is 44.0. The van der Waals surface area contributed by atoms with E-state index in [0.29, 0.717) is 32.3 Å². The van der Waals surface area contributed by atoms with Gasteiger partial charge in [-0.3, -0.25) is 14.4 Å². The summed E-state index contributed by atoms with van der Waals surface area (Å²) in [6.45, 7) is 7.90. The molecule has 0 aliphatic rings. The van der Waals surface area contributed by atoms with Crippen LogP contribution >= 0.6 is 13.5 Å². The summed E-state index contributed by atoms with van der Waals surface area (Å²) in [5.41, 5.74) is 0. The highest BCUT2D eigenvalue weighted by molar-refractivity contribution is 7.59. The van der Waals surface area contributed by atoms with E-state index in [-0.39, 0.29) is 46.3 Å². The molecule has 0 aromatic rings. The molecule has 68 heavy (non-hydrogen) atoms. The van der Waals surface area contributed by atoms with Crippen LogP contribution in [0, 0.1) is 0 Å². The van der Waals surface area contributed by atoms with Crippen molar-refractivity contribution in [3.05, 3.63) is 48.6 Å². The van der Waals surface area contributed by atoms with Crippen LogP contribution in [-0.4, -0.2) is 62.3 Å². The number of ether oxygens (including phenoxy) is 3. The van der Waals surface area contributed by atoms with Gasteiger partial charge < -0.3 is 19.1 Å². The molecule has 402 valence electrons. The minimum atomic E-state index is -0.420. The third-order valence-corrected chi connectivity index (χ3v) is 12.2. The number of unbranched alkanes of at least 4 members (excludes halogenated alkanes) is 25. The van der Waals surface area contributed by atoms with Crippen LogP contribution in [0.25, 0.3) is 0 Å². The van der Waals surface area contributed by atoms with Crippen molar-refractivity contribution < 1.29 is 28.6 Å². The van der Waals surface area contributed by atoms with E-state index in [0.717, 1.165) is 122 Å². The summed E-state index contributed by atoms with van der Waals surface area (Å²) >= 11 is 0. The van der Waals surface area contributed by atoms with Crippen LogP contribution in [0.2, 0.25) is 0 Å². The Kier molecular flexibility index (Phi) is 62.7. The first kappa shape index (κ1) is 72.2. The first-order valence-electron chi connectivity index (χ1n) is 27.6. The molecule has 0 aromatic carbocycles. The van der Waals surface area contributed by atoms with E-state index in [2.05, 4.69) is 69.4 Å². The second-order valence-electron chi connectivity index (χ2n) is 18.9. The minimum Gasteiger partial charge on any atom is -0.464 e. The maximum absolute atomic E-state index is 13.4. The average molecular weight is 979 g/mol. The van der Waals surface area contributed by atoms with Crippen molar-refractivity contribution in [2.24, 2.45) is 0 Å². The van der Waals surface area contributed by atoms with Gasteiger partial charge in [0.2, 0.25) is 0 Å². The van der Waals surface area contributed by atoms with Gasteiger partial charge >= 0.3 is 17.9 Å². The van der Waals surface area contributed by atoms with Gasteiger partial charge in [0.25, 0.3) is 0 Å². The fourth-order valence-corrected chi connectivity index (χ4v) is 7.94. The Hall–Kier alpha value is -2.32. The summed E-state index contributed by atoms with van der Waals surface area (Å²) in [5.74, 6) is -0.438. The lowest BCUT2D eigenvalue weighted by Gasteiger charge is -2.27. The number of nitrogens with zero attached hydrogens (tertiary/aromatic N) is 1. The number of rotatable bonds is 49. The van der Waals surface area contributed by atoms with Crippen molar-refractivity contribution in [3.8, 4) is 0 Å². The molecule has 0 amide bonds. The maximum Gasteiger partial charge on any atom is 0.306 e. The Balaban J connectivity index is -0.00000683. The molecule has 0 bridgehead atoms. The second-order valence-corrected chi connectivity index (χ2v) is 18.9. The van der Waals surface area contributed by atoms with E-state index < -0.39 is 12.2 Å². The molecule has 7 nitrogen and oxygen atoms in total. The quantitative estimate of drug-likeness (QED) is 0.0260. The van der Waals surface area contributed by atoms with Crippen LogP contribution in [0.3, 0.4) is 0 Å². The normalized spacial score (nSPS) is 12.4. The Morgan fingerprint density at radius 3 is 1.06 bits per heavy atom. The van der Waals surface area contributed by atoms with Crippen molar-refractivity contribution in [2.75, 3.05) is 27.2 Å². The highest BCUT2D eigenvalue weighted by Gasteiger charge is 2.28. The first-order valence-corrected chi connectivity index (χ1v) is 27.6. The van der Waals surface area contributed by atoms with Gasteiger partial charge in [0.1, 0.15) is 18.8 Å². The van der Waals surface area contributed by atoms with Crippen molar-refractivity contribution in [1.82, 2.24) is 4.90 Å². The number of likely N-dealkylation sites (N-methyl/N-ethyl adjacent to an activating group) is 1. The number of hydrogen-bond acceptors (Lipinski definition) is 7. The Bertz CT molecular complexity index is 1180. The standard InChI is InChI=1S/C58H105NO6.2CH4.H2S/c1-6-9-12-15-18-20-22-24-26-28-30-32-34-39-45-50-57(61)64-54(47-42-37-17-14-11-8-3)55(48-43-38-36-41-44-49-56(60)63-53-52-59(4)5)65-58(62)51-46-40-35-33-31-29-27-25-23-21-19-16-13-10-7-2;;;/h18-21,24-27,54-55H,6-17,22-23,28-53H2,1-5H3;2*1H4;1H2/b20-18-,21-19-,26-24-,27-25-;;;/t54-,55+;;;/m0.../s1. The fourth-order valence-electron chi connectivity index (χ4n) is 7.94. The predicted octanol–water partition coefficient (Wildman–Crippen LogP) is 18.4. The summed E-state index contributed by atoms with van der Waals surface area (Å²) in [5, 5.41) is 0. The van der Waals surface area contributed by atoms with Gasteiger partial charge in [0, 0.05) is 25.8 Å². The fraction of sp³-hybridized carbons (Fsp3) is 0.817. The molecule has 0 saturated carbocycles. The highest BCUT2D eigenvalue weighted by Crippen LogP contribution is 2.23. The summed E-state index contributed by atoms with van der Waals surface area (Å²) in [7, 11) is 3.94. The molecule has 0 spiro atoms. The van der Waals surface area contributed by atoms with Crippen LogP contribution in [-0.2, 0) is 28.6 Å². The lowest BCUT2D eigenvalue weighted by molar-refractivity contribution is -0.169. The Labute approximate surface area is 430 Å². The van der Waals surface area contributed by atoms with E-state index in [1.165, 1.54) is 103 Å². The molecule has 0 rings (SSSR count). The predicted molar refractivity (Wildman–Crippen MR) is 302 cm³/mol. The third kappa shape index (κ3) is 54.6. The second kappa shape index (κ2) is 59.0. The SMILES string of the molecule is C.C.CCCCC/C=C\C/C=C\CCCCCCCC(=O)O[C@@H](CCCCCCCC)[C@@H](CCCCCCCC(=O)OCCN(C)C)OC(=O)CCCCCCC/C=C\C/C=C\CCCCC.S. The van der Waals surface area contributed by atoms with Gasteiger partial charge in [-0.15, -0.1) is 0 Å². The molecule has 0 radical (unpaired) electrons. The number of carbonyl (C=O) groups is 3.